The van der Waals surface area contributed by atoms with Crippen molar-refractivity contribution in [2.24, 2.45) is 0 Å². The van der Waals surface area contributed by atoms with Gasteiger partial charge in [0.25, 0.3) is 0 Å². The van der Waals surface area contributed by atoms with Crippen molar-refractivity contribution < 1.29 is 19.4 Å². The minimum Gasteiger partial charge on any atom is -0.493 e. The van der Waals surface area contributed by atoms with E-state index in [0.717, 1.165) is 18.6 Å². The third-order valence-electron chi connectivity index (χ3n) is 3.36. The van der Waals surface area contributed by atoms with Gasteiger partial charge in [-0.1, -0.05) is 6.07 Å². The largest absolute Gasteiger partial charge is 0.493 e. The Morgan fingerprint density at radius 1 is 1.37 bits per heavy atom. The highest BCUT2D eigenvalue weighted by atomic mass is 16.5. The molecule has 4 heteroatoms. The van der Waals surface area contributed by atoms with E-state index in [2.05, 4.69) is 12.1 Å². The molecule has 2 rings (SSSR count). The lowest BCUT2D eigenvalue weighted by atomic mass is 10.1. The van der Waals surface area contributed by atoms with Crippen LogP contribution in [0.15, 0.2) is 18.2 Å². The van der Waals surface area contributed by atoms with Crippen molar-refractivity contribution in [3.05, 3.63) is 29.3 Å². The zero-order valence-electron chi connectivity index (χ0n) is 11.2. The van der Waals surface area contributed by atoms with Gasteiger partial charge >= 0.3 is 5.97 Å². The summed E-state index contributed by atoms with van der Waals surface area (Å²) in [6.07, 6.45) is 3.06. The standard InChI is InChI=1S/C15H20O4/c1-2-18-14(15(16)17)8-9-19-13-7-6-11-4-3-5-12(11)10-13/h6-7,10,14H,2-5,8-9H2,1H3,(H,16,17). The van der Waals surface area contributed by atoms with E-state index < -0.39 is 12.1 Å². The number of rotatable bonds is 7. The monoisotopic (exact) mass is 264 g/mol. The SMILES string of the molecule is CCOC(CCOc1ccc2c(c1)CCC2)C(=O)O. The Hall–Kier alpha value is -1.55. The molecule has 1 atom stereocenters. The van der Waals surface area contributed by atoms with Gasteiger partial charge in [-0.2, -0.15) is 0 Å². The van der Waals surface area contributed by atoms with Gasteiger partial charge in [0.15, 0.2) is 6.10 Å². The molecular weight excluding hydrogens is 244 g/mol. The molecule has 0 aliphatic heterocycles. The van der Waals surface area contributed by atoms with E-state index in [9.17, 15) is 4.79 Å². The summed E-state index contributed by atoms with van der Waals surface area (Å²) < 4.78 is 10.8. The van der Waals surface area contributed by atoms with Crippen LogP contribution in [0.5, 0.6) is 5.75 Å². The van der Waals surface area contributed by atoms with Crippen molar-refractivity contribution >= 4 is 5.97 Å². The number of hydrogen-bond donors (Lipinski definition) is 1. The lowest BCUT2D eigenvalue weighted by molar-refractivity contribution is -0.150. The number of hydrogen-bond acceptors (Lipinski definition) is 3. The van der Waals surface area contributed by atoms with E-state index in [1.165, 1.54) is 17.5 Å². The molecule has 1 aliphatic rings. The van der Waals surface area contributed by atoms with Crippen molar-refractivity contribution in [2.75, 3.05) is 13.2 Å². The normalized spacial score (nSPS) is 15.0. The first kappa shape index (κ1) is 13.9. The van der Waals surface area contributed by atoms with Crippen LogP contribution in [0.3, 0.4) is 0 Å². The fraction of sp³-hybridized carbons (Fsp3) is 0.533. The second-order valence-electron chi connectivity index (χ2n) is 4.70. The summed E-state index contributed by atoms with van der Waals surface area (Å²) in [5, 5.41) is 8.95. The first-order valence-corrected chi connectivity index (χ1v) is 6.79. The Morgan fingerprint density at radius 2 is 2.16 bits per heavy atom. The zero-order chi connectivity index (χ0) is 13.7. The number of fused-ring (bicyclic) bond motifs is 1. The molecule has 0 heterocycles. The summed E-state index contributed by atoms with van der Waals surface area (Å²) in [5.74, 6) is -0.110. The van der Waals surface area contributed by atoms with E-state index in [0.29, 0.717) is 19.6 Å². The second kappa shape index (κ2) is 6.57. The van der Waals surface area contributed by atoms with Gasteiger partial charge in [-0.15, -0.1) is 0 Å². The minimum atomic E-state index is -0.931. The zero-order valence-corrected chi connectivity index (χ0v) is 11.2. The molecule has 19 heavy (non-hydrogen) atoms. The molecule has 0 fully saturated rings. The van der Waals surface area contributed by atoms with Gasteiger partial charge in [0.1, 0.15) is 5.75 Å². The second-order valence-corrected chi connectivity index (χ2v) is 4.70. The third-order valence-corrected chi connectivity index (χ3v) is 3.36. The van der Waals surface area contributed by atoms with Crippen LogP contribution in [0, 0.1) is 0 Å². The van der Waals surface area contributed by atoms with Gasteiger partial charge in [0.05, 0.1) is 6.61 Å². The lowest BCUT2D eigenvalue weighted by Gasteiger charge is -2.13. The van der Waals surface area contributed by atoms with Crippen LogP contribution in [-0.2, 0) is 22.4 Å². The fourth-order valence-corrected chi connectivity index (χ4v) is 2.40. The van der Waals surface area contributed by atoms with Crippen molar-refractivity contribution in [2.45, 2.75) is 38.7 Å². The van der Waals surface area contributed by atoms with E-state index >= 15 is 0 Å². The molecule has 1 aromatic carbocycles. The highest BCUT2D eigenvalue weighted by Gasteiger charge is 2.17. The smallest absolute Gasteiger partial charge is 0.332 e. The number of carbonyl (C=O) groups is 1. The van der Waals surface area contributed by atoms with Crippen LogP contribution in [0.2, 0.25) is 0 Å². The van der Waals surface area contributed by atoms with Gasteiger partial charge in [0, 0.05) is 13.0 Å². The molecule has 0 radical (unpaired) electrons. The number of benzene rings is 1. The van der Waals surface area contributed by atoms with Crippen molar-refractivity contribution in [1.29, 1.82) is 0 Å². The van der Waals surface area contributed by atoms with E-state index in [4.69, 9.17) is 14.6 Å². The summed E-state index contributed by atoms with van der Waals surface area (Å²) >= 11 is 0. The van der Waals surface area contributed by atoms with E-state index in [1.54, 1.807) is 6.92 Å². The van der Waals surface area contributed by atoms with E-state index in [1.807, 2.05) is 6.07 Å². The highest BCUT2D eigenvalue weighted by molar-refractivity contribution is 5.72. The Labute approximate surface area is 113 Å². The van der Waals surface area contributed by atoms with Crippen LogP contribution in [0.1, 0.15) is 30.9 Å². The van der Waals surface area contributed by atoms with Crippen LogP contribution < -0.4 is 4.74 Å². The summed E-state index contributed by atoms with van der Waals surface area (Å²) in [7, 11) is 0. The predicted octanol–water partition coefficient (Wildman–Crippen LogP) is 2.43. The molecule has 1 aromatic rings. The average molecular weight is 264 g/mol. The van der Waals surface area contributed by atoms with E-state index in [-0.39, 0.29) is 0 Å². The van der Waals surface area contributed by atoms with Crippen LogP contribution in [0.25, 0.3) is 0 Å². The molecule has 104 valence electrons. The molecular formula is C15H20O4. The summed E-state index contributed by atoms with van der Waals surface area (Å²) in [4.78, 5) is 10.9. The predicted molar refractivity (Wildman–Crippen MR) is 71.6 cm³/mol. The fourth-order valence-electron chi connectivity index (χ4n) is 2.40. The summed E-state index contributed by atoms with van der Waals surface area (Å²) in [5.41, 5.74) is 2.77. The molecule has 1 unspecified atom stereocenters. The molecule has 0 amide bonds. The quantitative estimate of drug-likeness (QED) is 0.821. The maximum absolute atomic E-state index is 10.9. The highest BCUT2D eigenvalue weighted by Crippen LogP contribution is 2.26. The van der Waals surface area contributed by atoms with Crippen LogP contribution in [0.4, 0.5) is 0 Å². The third kappa shape index (κ3) is 3.70. The van der Waals surface area contributed by atoms with Gasteiger partial charge in [-0.3, -0.25) is 0 Å². The number of carboxylic acid groups (broad SMARTS) is 1. The maximum atomic E-state index is 10.9. The maximum Gasteiger partial charge on any atom is 0.332 e. The average Bonchev–Trinajstić information content (AvgIpc) is 2.85. The Morgan fingerprint density at radius 3 is 2.89 bits per heavy atom. The van der Waals surface area contributed by atoms with Crippen molar-refractivity contribution in [1.82, 2.24) is 0 Å². The molecule has 0 saturated heterocycles. The van der Waals surface area contributed by atoms with Crippen LogP contribution in [-0.4, -0.2) is 30.4 Å². The van der Waals surface area contributed by atoms with Crippen molar-refractivity contribution in [3.8, 4) is 5.75 Å². The summed E-state index contributed by atoms with van der Waals surface area (Å²) in [6.45, 7) is 2.54. The lowest BCUT2D eigenvalue weighted by Crippen LogP contribution is -2.26. The molecule has 1 N–H and O–H groups in total. The van der Waals surface area contributed by atoms with Crippen molar-refractivity contribution in [3.63, 3.8) is 0 Å². The number of ether oxygens (including phenoxy) is 2. The summed E-state index contributed by atoms with van der Waals surface area (Å²) in [6, 6.07) is 6.13. The molecule has 4 nitrogen and oxygen atoms in total. The van der Waals surface area contributed by atoms with Gasteiger partial charge in [0.2, 0.25) is 0 Å². The number of carboxylic acids is 1. The number of aliphatic carboxylic acids is 1. The molecule has 0 saturated carbocycles. The molecule has 0 bridgehead atoms. The number of aryl methyl sites for hydroxylation is 2. The Bertz CT molecular complexity index is 442. The Kier molecular flexibility index (Phi) is 4.80. The van der Waals surface area contributed by atoms with Crippen LogP contribution >= 0.6 is 0 Å². The van der Waals surface area contributed by atoms with Gasteiger partial charge < -0.3 is 14.6 Å². The van der Waals surface area contributed by atoms with Gasteiger partial charge in [-0.25, -0.2) is 4.79 Å². The molecule has 0 spiro atoms. The minimum absolute atomic E-state index is 0.357. The Balaban J connectivity index is 1.83. The first-order chi connectivity index (χ1) is 9.20. The topological polar surface area (TPSA) is 55.8 Å². The molecule has 0 aromatic heterocycles. The van der Waals surface area contributed by atoms with Gasteiger partial charge in [-0.05, 0) is 49.4 Å². The molecule has 1 aliphatic carbocycles. The first-order valence-electron chi connectivity index (χ1n) is 6.79.